The molecule has 0 aliphatic heterocycles. The molecule has 0 aliphatic rings. The Morgan fingerprint density at radius 3 is 2.69 bits per heavy atom. The van der Waals surface area contributed by atoms with Crippen LogP contribution < -0.4 is 5.32 Å². The molecular weight excluding hydrogens is 229 g/mol. The zero-order valence-electron chi connectivity index (χ0n) is 9.80. The fourth-order valence-corrected chi connectivity index (χ4v) is 1.68. The second-order valence-electron chi connectivity index (χ2n) is 4.25. The Labute approximate surface area is 100 Å². The van der Waals surface area contributed by atoms with Crippen LogP contribution in [0.25, 0.3) is 0 Å². The van der Waals surface area contributed by atoms with Gasteiger partial charge >= 0.3 is 0 Å². The van der Waals surface area contributed by atoms with Crippen LogP contribution in [0.4, 0.5) is 10.2 Å². The molecule has 1 aromatic rings. The number of halogens is 2. The van der Waals surface area contributed by atoms with Gasteiger partial charge < -0.3 is 5.32 Å². The number of aromatic nitrogens is 2. The first kappa shape index (κ1) is 13.2. The number of rotatable bonds is 5. The number of hydrogen-bond acceptors (Lipinski definition) is 3. The second kappa shape index (κ2) is 5.99. The maximum absolute atomic E-state index is 13.6. The Morgan fingerprint density at radius 2 is 2.12 bits per heavy atom. The summed E-state index contributed by atoms with van der Waals surface area (Å²) in [6.45, 7) is 5.81. The van der Waals surface area contributed by atoms with Crippen molar-refractivity contribution in [1.82, 2.24) is 9.97 Å². The van der Waals surface area contributed by atoms with Crippen LogP contribution in [-0.2, 0) is 0 Å². The second-order valence-corrected chi connectivity index (χ2v) is 4.56. The summed E-state index contributed by atoms with van der Waals surface area (Å²) in [7, 11) is 0. The van der Waals surface area contributed by atoms with E-state index in [1.807, 2.05) is 0 Å². The predicted molar refractivity (Wildman–Crippen MR) is 64.3 cm³/mol. The van der Waals surface area contributed by atoms with E-state index in [1.165, 1.54) is 6.33 Å². The van der Waals surface area contributed by atoms with Crippen molar-refractivity contribution in [2.24, 2.45) is 5.92 Å². The van der Waals surface area contributed by atoms with Gasteiger partial charge in [-0.3, -0.25) is 0 Å². The number of nitrogens with one attached hydrogen (secondary N) is 1. The molecule has 1 atom stereocenters. The van der Waals surface area contributed by atoms with Crippen molar-refractivity contribution in [2.45, 2.75) is 33.2 Å². The molecule has 3 nitrogen and oxygen atoms in total. The molecule has 0 saturated carbocycles. The summed E-state index contributed by atoms with van der Waals surface area (Å²) in [4.78, 5) is 7.65. The van der Waals surface area contributed by atoms with E-state index in [1.54, 1.807) is 6.92 Å². The minimum atomic E-state index is -0.402. The lowest BCUT2D eigenvalue weighted by molar-refractivity contribution is 0.534. The minimum Gasteiger partial charge on any atom is -0.364 e. The lowest BCUT2D eigenvalue weighted by Crippen LogP contribution is -2.24. The van der Waals surface area contributed by atoms with Crippen molar-refractivity contribution in [3.8, 4) is 0 Å². The van der Waals surface area contributed by atoms with E-state index in [-0.39, 0.29) is 11.9 Å². The molecular formula is C11H17ClFN3. The van der Waals surface area contributed by atoms with Crippen LogP contribution in [0.5, 0.6) is 0 Å². The lowest BCUT2D eigenvalue weighted by Gasteiger charge is -2.19. The van der Waals surface area contributed by atoms with Gasteiger partial charge in [-0.1, -0.05) is 13.8 Å². The van der Waals surface area contributed by atoms with E-state index < -0.39 is 5.82 Å². The molecule has 1 unspecified atom stereocenters. The summed E-state index contributed by atoms with van der Waals surface area (Å²) in [5, 5.41) is 3.01. The summed E-state index contributed by atoms with van der Waals surface area (Å²) in [6.07, 6.45) is 2.23. The molecule has 1 N–H and O–H groups in total. The molecule has 5 heteroatoms. The lowest BCUT2D eigenvalue weighted by atomic mass is 10.1. The molecule has 1 heterocycles. The van der Waals surface area contributed by atoms with Gasteiger partial charge in [-0.25, -0.2) is 14.4 Å². The van der Waals surface area contributed by atoms with E-state index in [9.17, 15) is 4.39 Å². The first-order valence-corrected chi connectivity index (χ1v) is 5.87. The third kappa shape index (κ3) is 3.59. The summed E-state index contributed by atoms with van der Waals surface area (Å²) >= 11 is 5.83. The fourth-order valence-electron chi connectivity index (χ4n) is 1.48. The molecule has 0 bridgehead atoms. The zero-order chi connectivity index (χ0) is 12.1. The molecule has 16 heavy (non-hydrogen) atoms. The number of anilines is 1. The SMILES string of the molecule is Cc1ncnc(NC(CCl)CC(C)C)c1F. The normalized spacial score (nSPS) is 12.9. The van der Waals surface area contributed by atoms with E-state index in [4.69, 9.17) is 11.6 Å². The summed E-state index contributed by atoms with van der Waals surface area (Å²) < 4.78 is 13.6. The Kier molecular flexibility index (Phi) is 4.93. The Bertz CT molecular complexity index is 344. The predicted octanol–water partition coefficient (Wildman–Crippen LogP) is 2.99. The maximum Gasteiger partial charge on any atom is 0.186 e. The van der Waals surface area contributed by atoms with Crippen LogP contribution >= 0.6 is 11.6 Å². The van der Waals surface area contributed by atoms with Crippen molar-refractivity contribution in [2.75, 3.05) is 11.2 Å². The van der Waals surface area contributed by atoms with Crippen LogP contribution in [0.2, 0.25) is 0 Å². The van der Waals surface area contributed by atoms with E-state index in [0.29, 0.717) is 17.5 Å². The van der Waals surface area contributed by atoms with Gasteiger partial charge in [0.05, 0.1) is 5.69 Å². The van der Waals surface area contributed by atoms with Gasteiger partial charge in [0.2, 0.25) is 0 Å². The largest absolute Gasteiger partial charge is 0.364 e. The van der Waals surface area contributed by atoms with Gasteiger partial charge in [0.1, 0.15) is 6.33 Å². The summed E-state index contributed by atoms with van der Waals surface area (Å²) in [5.41, 5.74) is 0.343. The highest BCUT2D eigenvalue weighted by Gasteiger charge is 2.14. The Morgan fingerprint density at radius 1 is 1.44 bits per heavy atom. The average Bonchev–Trinajstić information content (AvgIpc) is 2.23. The quantitative estimate of drug-likeness (QED) is 0.811. The van der Waals surface area contributed by atoms with Gasteiger partial charge in [0, 0.05) is 11.9 Å². The number of nitrogens with zero attached hydrogens (tertiary/aromatic N) is 2. The van der Waals surface area contributed by atoms with Crippen LogP contribution in [0.1, 0.15) is 26.0 Å². The molecule has 90 valence electrons. The molecule has 0 aromatic carbocycles. The summed E-state index contributed by atoms with van der Waals surface area (Å²) in [5.74, 6) is 0.767. The monoisotopic (exact) mass is 245 g/mol. The van der Waals surface area contributed by atoms with Crippen LogP contribution in [0, 0.1) is 18.7 Å². The van der Waals surface area contributed by atoms with Crippen molar-refractivity contribution >= 4 is 17.4 Å². The van der Waals surface area contributed by atoms with E-state index in [2.05, 4.69) is 29.1 Å². The highest BCUT2D eigenvalue weighted by atomic mass is 35.5. The highest BCUT2D eigenvalue weighted by molar-refractivity contribution is 6.18. The molecule has 0 saturated heterocycles. The van der Waals surface area contributed by atoms with Crippen molar-refractivity contribution in [1.29, 1.82) is 0 Å². The standard InChI is InChI=1S/C11H17ClFN3/c1-7(2)4-9(5-12)16-11-10(13)8(3)14-6-15-11/h6-7,9H,4-5H2,1-3H3,(H,14,15,16). The number of hydrogen-bond donors (Lipinski definition) is 1. The topological polar surface area (TPSA) is 37.8 Å². The van der Waals surface area contributed by atoms with Gasteiger partial charge in [-0.2, -0.15) is 0 Å². The Hall–Kier alpha value is -0.900. The van der Waals surface area contributed by atoms with Crippen molar-refractivity contribution < 1.29 is 4.39 Å². The molecule has 1 rings (SSSR count). The minimum absolute atomic E-state index is 0.0328. The molecule has 0 spiro atoms. The third-order valence-corrected chi connectivity index (χ3v) is 2.62. The number of alkyl halides is 1. The molecule has 0 aliphatic carbocycles. The van der Waals surface area contributed by atoms with Crippen molar-refractivity contribution in [3.63, 3.8) is 0 Å². The smallest absolute Gasteiger partial charge is 0.186 e. The van der Waals surface area contributed by atoms with Gasteiger partial charge in [-0.15, -0.1) is 11.6 Å². The molecule has 0 radical (unpaired) electrons. The average molecular weight is 246 g/mol. The van der Waals surface area contributed by atoms with Gasteiger partial charge in [0.15, 0.2) is 11.6 Å². The number of aryl methyl sites for hydroxylation is 1. The molecule has 0 amide bonds. The van der Waals surface area contributed by atoms with E-state index in [0.717, 1.165) is 6.42 Å². The van der Waals surface area contributed by atoms with Crippen molar-refractivity contribution in [3.05, 3.63) is 17.8 Å². The first-order valence-electron chi connectivity index (χ1n) is 5.34. The van der Waals surface area contributed by atoms with Crippen LogP contribution in [-0.4, -0.2) is 21.9 Å². The maximum atomic E-state index is 13.6. The summed E-state index contributed by atoms with van der Waals surface area (Å²) in [6, 6.07) is 0.0328. The Balaban J connectivity index is 2.74. The highest BCUT2D eigenvalue weighted by Crippen LogP contribution is 2.16. The van der Waals surface area contributed by atoms with E-state index >= 15 is 0 Å². The fraction of sp³-hybridized carbons (Fsp3) is 0.636. The van der Waals surface area contributed by atoms with Crippen LogP contribution in [0.3, 0.4) is 0 Å². The first-order chi connectivity index (χ1) is 7.54. The zero-order valence-corrected chi connectivity index (χ0v) is 10.6. The van der Waals surface area contributed by atoms with Gasteiger partial charge in [0.25, 0.3) is 0 Å². The van der Waals surface area contributed by atoms with Gasteiger partial charge in [-0.05, 0) is 19.3 Å². The third-order valence-electron chi connectivity index (χ3n) is 2.25. The molecule has 1 aromatic heterocycles. The molecule has 0 fully saturated rings. The van der Waals surface area contributed by atoms with Crippen LogP contribution in [0.15, 0.2) is 6.33 Å².